The quantitative estimate of drug-likeness (QED) is 0.692. The molecule has 3 aromatic rings. The second-order valence-corrected chi connectivity index (χ2v) is 7.01. The number of carbonyl (C=O) groups excluding carboxylic acids is 1. The van der Waals surface area contributed by atoms with E-state index in [1.807, 2.05) is 56.4 Å². The summed E-state index contributed by atoms with van der Waals surface area (Å²) in [6, 6.07) is 15.8. The van der Waals surface area contributed by atoms with E-state index in [-0.39, 0.29) is 17.9 Å². The fraction of sp³-hybridized carbons (Fsp3) is 0.227. The third kappa shape index (κ3) is 3.33. The molecule has 0 radical (unpaired) electrons. The SMILES string of the molecule is Cc1ccc(NC(=O)N2CCn3cccc3C2c2cccc(F)c2)cc1C. The predicted molar refractivity (Wildman–Crippen MR) is 104 cm³/mol. The lowest BCUT2D eigenvalue weighted by Crippen LogP contribution is -2.44. The van der Waals surface area contributed by atoms with E-state index < -0.39 is 0 Å². The van der Waals surface area contributed by atoms with Crippen molar-refractivity contribution in [2.45, 2.75) is 26.4 Å². The molecule has 2 amide bonds. The monoisotopic (exact) mass is 363 g/mol. The highest BCUT2D eigenvalue weighted by molar-refractivity contribution is 5.90. The number of hydrogen-bond donors (Lipinski definition) is 1. The van der Waals surface area contributed by atoms with E-state index >= 15 is 0 Å². The van der Waals surface area contributed by atoms with Crippen LogP contribution in [0.3, 0.4) is 0 Å². The summed E-state index contributed by atoms with van der Waals surface area (Å²) in [4.78, 5) is 14.9. The number of urea groups is 1. The van der Waals surface area contributed by atoms with Gasteiger partial charge in [-0.25, -0.2) is 9.18 Å². The van der Waals surface area contributed by atoms with E-state index in [0.717, 1.165) is 22.5 Å². The number of fused-ring (bicyclic) bond motifs is 1. The Morgan fingerprint density at radius 1 is 1.04 bits per heavy atom. The molecule has 4 nitrogen and oxygen atoms in total. The molecule has 1 aliphatic heterocycles. The first-order valence-electron chi connectivity index (χ1n) is 9.08. The second kappa shape index (κ2) is 6.91. The first-order valence-corrected chi connectivity index (χ1v) is 9.08. The van der Waals surface area contributed by atoms with Gasteiger partial charge in [-0.05, 0) is 66.9 Å². The molecule has 0 spiro atoms. The normalized spacial score (nSPS) is 16.1. The van der Waals surface area contributed by atoms with Gasteiger partial charge in [0.15, 0.2) is 0 Å². The summed E-state index contributed by atoms with van der Waals surface area (Å²) in [5.74, 6) is -0.300. The van der Waals surface area contributed by atoms with Gasteiger partial charge in [0.2, 0.25) is 0 Å². The fourth-order valence-electron chi connectivity index (χ4n) is 3.64. The molecule has 27 heavy (non-hydrogen) atoms. The zero-order valence-electron chi connectivity index (χ0n) is 15.4. The molecule has 0 saturated heterocycles. The van der Waals surface area contributed by atoms with Gasteiger partial charge in [-0.3, -0.25) is 0 Å². The molecule has 2 heterocycles. The van der Waals surface area contributed by atoms with Crippen LogP contribution >= 0.6 is 0 Å². The Hall–Kier alpha value is -3.08. The number of amides is 2. The Morgan fingerprint density at radius 2 is 1.89 bits per heavy atom. The molecular formula is C22H22FN3O. The Bertz CT molecular complexity index is 995. The molecule has 138 valence electrons. The third-order valence-corrected chi connectivity index (χ3v) is 5.22. The summed E-state index contributed by atoms with van der Waals surface area (Å²) in [7, 11) is 0. The van der Waals surface area contributed by atoms with Crippen molar-refractivity contribution in [1.29, 1.82) is 0 Å². The number of carbonyl (C=O) groups is 1. The van der Waals surface area contributed by atoms with Crippen LogP contribution in [0.1, 0.15) is 28.4 Å². The van der Waals surface area contributed by atoms with E-state index in [1.54, 1.807) is 11.0 Å². The van der Waals surface area contributed by atoms with Gasteiger partial charge < -0.3 is 14.8 Å². The molecule has 1 aromatic heterocycles. The maximum Gasteiger partial charge on any atom is 0.322 e. The number of nitrogens with one attached hydrogen (secondary N) is 1. The van der Waals surface area contributed by atoms with Gasteiger partial charge in [-0.2, -0.15) is 0 Å². The maximum atomic E-state index is 13.9. The number of benzene rings is 2. The number of rotatable bonds is 2. The Labute approximate surface area is 158 Å². The van der Waals surface area contributed by atoms with Crippen LogP contribution in [0, 0.1) is 19.7 Å². The molecule has 0 bridgehead atoms. The molecule has 1 atom stereocenters. The summed E-state index contributed by atoms with van der Waals surface area (Å²) >= 11 is 0. The number of anilines is 1. The molecule has 5 heteroatoms. The van der Waals surface area contributed by atoms with Crippen LogP contribution in [0.25, 0.3) is 0 Å². The van der Waals surface area contributed by atoms with Gasteiger partial charge in [0.05, 0.1) is 6.04 Å². The lowest BCUT2D eigenvalue weighted by molar-refractivity contribution is 0.181. The topological polar surface area (TPSA) is 37.3 Å². The number of aryl methyl sites for hydroxylation is 2. The highest BCUT2D eigenvalue weighted by atomic mass is 19.1. The molecule has 4 rings (SSSR count). The second-order valence-electron chi connectivity index (χ2n) is 7.01. The summed E-state index contributed by atoms with van der Waals surface area (Å²) in [5.41, 5.74) is 4.83. The van der Waals surface area contributed by atoms with Crippen molar-refractivity contribution in [2.75, 3.05) is 11.9 Å². The first kappa shape index (κ1) is 17.3. The van der Waals surface area contributed by atoms with Gasteiger partial charge in [0.25, 0.3) is 0 Å². The van der Waals surface area contributed by atoms with Crippen LogP contribution < -0.4 is 5.32 Å². The van der Waals surface area contributed by atoms with Crippen LogP contribution in [-0.4, -0.2) is 22.0 Å². The highest BCUT2D eigenvalue weighted by Crippen LogP contribution is 2.33. The smallest absolute Gasteiger partial charge is 0.322 e. The molecule has 1 unspecified atom stereocenters. The molecule has 1 aliphatic rings. The van der Waals surface area contributed by atoms with Crippen molar-refractivity contribution in [3.8, 4) is 0 Å². The average molecular weight is 363 g/mol. The van der Waals surface area contributed by atoms with Crippen molar-refractivity contribution in [2.24, 2.45) is 0 Å². The van der Waals surface area contributed by atoms with E-state index in [1.165, 1.54) is 17.7 Å². The standard InChI is InChI=1S/C22H22FN3O/c1-15-8-9-19(13-16(15)2)24-22(27)26-12-11-25-10-4-7-20(25)21(26)17-5-3-6-18(23)14-17/h3-10,13-14,21H,11-12H2,1-2H3,(H,24,27). The minimum Gasteiger partial charge on any atom is -0.348 e. The van der Waals surface area contributed by atoms with E-state index in [4.69, 9.17) is 0 Å². The number of aromatic nitrogens is 1. The van der Waals surface area contributed by atoms with Crippen molar-refractivity contribution in [3.05, 3.63) is 89.0 Å². The summed E-state index contributed by atoms with van der Waals surface area (Å²) < 4.78 is 16.0. The fourth-order valence-corrected chi connectivity index (χ4v) is 3.64. The Balaban J connectivity index is 1.67. The number of hydrogen-bond acceptors (Lipinski definition) is 1. The number of halogens is 1. The minimum absolute atomic E-state index is 0.181. The van der Waals surface area contributed by atoms with Crippen molar-refractivity contribution in [1.82, 2.24) is 9.47 Å². The summed E-state index contributed by atoms with van der Waals surface area (Å²) in [6.07, 6.45) is 2.00. The number of nitrogens with zero attached hydrogens (tertiary/aromatic N) is 2. The molecular weight excluding hydrogens is 341 g/mol. The zero-order valence-corrected chi connectivity index (χ0v) is 15.4. The lowest BCUT2D eigenvalue weighted by Gasteiger charge is -2.37. The van der Waals surface area contributed by atoms with Gasteiger partial charge in [-0.15, -0.1) is 0 Å². The van der Waals surface area contributed by atoms with Gasteiger partial charge >= 0.3 is 6.03 Å². The highest BCUT2D eigenvalue weighted by Gasteiger charge is 2.32. The van der Waals surface area contributed by atoms with Gasteiger partial charge in [0, 0.05) is 30.7 Å². The lowest BCUT2D eigenvalue weighted by atomic mass is 10.00. The minimum atomic E-state index is -0.323. The Morgan fingerprint density at radius 3 is 2.67 bits per heavy atom. The van der Waals surface area contributed by atoms with E-state index in [9.17, 15) is 9.18 Å². The van der Waals surface area contributed by atoms with Crippen LogP contribution in [0.15, 0.2) is 60.8 Å². The largest absolute Gasteiger partial charge is 0.348 e. The molecule has 0 fully saturated rings. The van der Waals surface area contributed by atoms with E-state index in [0.29, 0.717) is 13.1 Å². The molecule has 0 saturated carbocycles. The molecule has 0 aliphatic carbocycles. The van der Waals surface area contributed by atoms with Crippen LogP contribution in [0.5, 0.6) is 0 Å². The van der Waals surface area contributed by atoms with Gasteiger partial charge in [-0.1, -0.05) is 18.2 Å². The van der Waals surface area contributed by atoms with Crippen molar-refractivity contribution in [3.63, 3.8) is 0 Å². The van der Waals surface area contributed by atoms with Crippen LogP contribution in [-0.2, 0) is 6.54 Å². The average Bonchev–Trinajstić information content (AvgIpc) is 3.12. The Kier molecular flexibility index (Phi) is 4.44. The summed E-state index contributed by atoms with van der Waals surface area (Å²) in [6.45, 7) is 5.34. The third-order valence-electron chi connectivity index (χ3n) is 5.22. The van der Waals surface area contributed by atoms with Crippen molar-refractivity contribution < 1.29 is 9.18 Å². The van der Waals surface area contributed by atoms with Crippen molar-refractivity contribution >= 4 is 11.7 Å². The van der Waals surface area contributed by atoms with Crippen LogP contribution in [0.2, 0.25) is 0 Å². The summed E-state index contributed by atoms with van der Waals surface area (Å²) in [5, 5.41) is 3.00. The van der Waals surface area contributed by atoms with E-state index in [2.05, 4.69) is 9.88 Å². The maximum absolute atomic E-state index is 13.9. The first-order chi connectivity index (χ1) is 13.0. The van der Waals surface area contributed by atoms with Crippen LogP contribution in [0.4, 0.5) is 14.9 Å². The zero-order chi connectivity index (χ0) is 19.0. The molecule has 2 aromatic carbocycles. The van der Waals surface area contributed by atoms with Gasteiger partial charge in [0.1, 0.15) is 5.82 Å². The molecule has 1 N–H and O–H groups in total. The predicted octanol–water partition coefficient (Wildman–Crippen LogP) is 4.88.